The maximum atomic E-state index is 12.6. The molecule has 0 bridgehead atoms. The number of hydrogen-bond donors (Lipinski definition) is 1. The Hall–Kier alpha value is -3.74. The zero-order chi connectivity index (χ0) is 20.4. The molecule has 0 unspecified atom stereocenters. The van der Waals surface area contributed by atoms with Gasteiger partial charge in [-0.15, -0.1) is 0 Å². The van der Waals surface area contributed by atoms with E-state index in [2.05, 4.69) is 15.4 Å². The first-order valence-electron chi connectivity index (χ1n) is 9.35. The van der Waals surface area contributed by atoms with Gasteiger partial charge in [0.05, 0.1) is 29.9 Å². The minimum absolute atomic E-state index is 0.103. The SMILES string of the molecule is C[C@@H](NC(=O)Cc1nn(C)c(=O)c2ccccc12)c1ccc(-n2ccnc2)cc1. The van der Waals surface area contributed by atoms with E-state index in [9.17, 15) is 9.59 Å². The summed E-state index contributed by atoms with van der Waals surface area (Å²) >= 11 is 0. The first-order chi connectivity index (χ1) is 14.0. The lowest BCUT2D eigenvalue weighted by Crippen LogP contribution is -2.30. The number of nitrogens with one attached hydrogen (secondary N) is 1. The van der Waals surface area contributed by atoms with Gasteiger partial charge in [-0.1, -0.05) is 30.3 Å². The molecule has 146 valence electrons. The third-order valence-corrected chi connectivity index (χ3v) is 4.93. The van der Waals surface area contributed by atoms with Crippen LogP contribution >= 0.6 is 0 Å². The number of aromatic nitrogens is 4. The first-order valence-corrected chi connectivity index (χ1v) is 9.35. The fraction of sp³-hybridized carbons (Fsp3) is 0.182. The molecule has 4 aromatic rings. The maximum absolute atomic E-state index is 12.6. The number of nitrogens with zero attached hydrogens (tertiary/aromatic N) is 4. The van der Waals surface area contributed by atoms with Crippen LogP contribution in [0.3, 0.4) is 0 Å². The number of carbonyl (C=O) groups is 1. The largest absolute Gasteiger partial charge is 0.349 e. The molecular formula is C22H21N5O2. The van der Waals surface area contributed by atoms with Crippen LogP contribution in [0.2, 0.25) is 0 Å². The normalized spacial score (nSPS) is 12.1. The van der Waals surface area contributed by atoms with Gasteiger partial charge in [-0.3, -0.25) is 9.59 Å². The predicted octanol–water partition coefficient (Wildman–Crippen LogP) is 2.54. The molecule has 2 aromatic carbocycles. The number of amides is 1. The van der Waals surface area contributed by atoms with E-state index in [0.29, 0.717) is 16.5 Å². The Morgan fingerprint density at radius 1 is 1.10 bits per heavy atom. The van der Waals surface area contributed by atoms with Crippen LogP contribution < -0.4 is 10.9 Å². The summed E-state index contributed by atoms with van der Waals surface area (Å²) in [5, 5.41) is 8.58. The quantitative estimate of drug-likeness (QED) is 0.571. The van der Waals surface area contributed by atoms with Crippen molar-refractivity contribution in [2.45, 2.75) is 19.4 Å². The van der Waals surface area contributed by atoms with Crippen LogP contribution in [0.25, 0.3) is 16.5 Å². The van der Waals surface area contributed by atoms with Crippen molar-refractivity contribution in [3.8, 4) is 5.69 Å². The van der Waals surface area contributed by atoms with Gasteiger partial charge in [0, 0.05) is 30.5 Å². The fourth-order valence-corrected chi connectivity index (χ4v) is 3.38. The maximum Gasteiger partial charge on any atom is 0.274 e. The lowest BCUT2D eigenvalue weighted by Gasteiger charge is -2.15. The van der Waals surface area contributed by atoms with Crippen molar-refractivity contribution in [2.75, 3.05) is 0 Å². The van der Waals surface area contributed by atoms with Crippen molar-refractivity contribution in [3.05, 3.63) is 88.9 Å². The molecule has 29 heavy (non-hydrogen) atoms. The molecule has 7 heteroatoms. The Labute approximate surface area is 167 Å². The summed E-state index contributed by atoms with van der Waals surface area (Å²) in [6.07, 6.45) is 5.45. The summed E-state index contributed by atoms with van der Waals surface area (Å²) in [5.41, 5.74) is 2.42. The monoisotopic (exact) mass is 387 g/mol. The van der Waals surface area contributed by atoms with E-state index in [1.807, 2.05) is 60.2 Å². The van der Waals surface area contributed by atoms with Crippen LogP contribution in [0.15, 0.2) is 72.0 Å². The van der Waals surface area contributed by atoms with Crippen LogP contribution in [-0.4, -0.2) is 25.2 Å². The summed E-state index contributed by atoms with van der Waals surface area (Å²) in [4.78, 5) is 28.9. The summed E-state index contributed by atoms with van der Waals surface area (Å²) in [6, 6.07) is 15.0. The van der Waals surface area contributed by atoms with Crippen LogP contribution in [0.1, 0.15) is 24.2 Å². The average molecular weight is 387 g/mol. The minimum atomic E-state index is -0.170. The van der Waals surface area contributed by atoms with Gasteiger partial charge in [-0.2, -0.15) is 5.10 Å². The number of imidazole rings is 1. The second kappa shape index (κ2) is 7.71. The summed E-state index contributed by atoms with van der Waals surface area (Å²) in [7, 11) is 1.60. The lowest BCUT2D eigenvalue weighted by atomic mass is 10.1. The van der Waals surface area contributed by atoms with Crippen LogP contribution in [-0.2, 0) is 18.3 Å². The Bertz CT molecular complexity index is 1210. The number of rotatable bonds is 5. The highest BCUT2D eigenvalue weighted by molar-refractivity contribution is 5.88. The fourth-order valence-electron chi connectivity index (χ4n) is 3.38. The van der Waals surface area contributed by atoms with E-state index in [-0.39, 0.29) is 23.9 Å². The van der Waals surface area contributed by atoms with Gasteiger partial charge in [0.1, 0.15) is 0 Å². The molecule has 7 nitrogen and oxygen atoms in total. The van der Waals surface area contributed by atoms with Gasteiger partial charge in [0.15, 0.2) is 0 Å². The highest BCUT2D eigenvalue weighted by Crippen LogP contribution is 2.17. The number of aryl methyl sites for hydroxylation is 1. The molecule has 0 aliphatic carbocycles. The molecule has 1 atom stereocenters. The van der Waals surface area contributed by atoms with E-state index in [1.54, 1.807) is 25.6 Å². The zero-order valence-electron chi connectivity index (χ0n) is 16.2. The Kier molecular flexibility index (Phi) is 4.95. The van der Waals surface area contributed by atoms with E-state index in [0.717, 1.165) is 11.3 Å². The molecule has 0 aliphatic heterocycles. The summed E-state index contributed by atoms with van der Waals surface area (Å²) < 4.78 is 3.20. The van der Waals surface area contributed by atoms with Gasteiger partial charge >= 0.3 is 0 Å². The van der Waals surface area contributed by atoms with E-state index in [4.69, 9.17) is 0 Å². The van der Waals surface area contributed by atoms with Crippen molar-refractivity contribution in [3.63, 3.8) is 0 Å². The van der Waals surface area contributed by atoms with Crippen molar-refractivity contribution >= 4 is 16.7 Å². The molecular weight excluding hydrogens is 366 g/mol. The molecule has 0 aliphatic rings. The third kappa shape index (κ3) is 3.80. The van der Waals surface area contributed by atoms with Gasteiger partial charge < -0.3 is 9.88 Å². The minimum Gasteiger partial charge on any atom is -0.349 e. The van der Waals surface area contributed by atoms with Crippen molar-refractivity contribution in [1.29, 1.82) is 0 Å². The van der Waals surface area contributed by atoms with E-state index >= 15 is 0 Å². The Balaban J connectivity index is 1.49. The van der Waals surface area contributed by atoms with E-state index < -0.39 is 0 Å². The number of benzene rings is 2. The number of carbonyl (C=O) groups excluding carboxylic acids is 1. The molecule has 0 saturated carbocycles. The molecule has 0 saturated heterocycles. The second-order valence-electron chi connectivity index (χ2n) is 6.95. The molecule has 0 fully saturated rings. The van der Waals surface area contributed by atoms with Gasteiger partial charge in [-0.25, -0.2) is 9.67 Å². The number of fused-ring (bicyclic) bond motifs is 1. The highest BCUT2D eigenvalue weighted by atomic mass is 16.1. The Morgan fingerprint density at radius 2 is 1.83 bits per heavy atom. The Morgan fingerprint density at radius 3 is 2.52 bits per heavy atom. The third-order valence-electron chi connectivity index (χ3n) is 4.93. The summed E-state index contributed by atoms with van der Waals surface area (Å²) in [5.74, 6) is -0.146. The van der Waals surface area contributed by atoms with Crippen molar-refractivity contribution < 1.29 is 4.79 Å². The molecule has 2 aromatic heterocycles. The molecule has 0 radical (unpaired) electrons. The smallest absolute Gasteiger partial charge is 0.274 e. The molecule has 2 heterocycles. The lowest BCUT2D eigenvalue weighted by molar-refractivity contribution is -0.121. The molecule has 0 spiro atoms. The topological polar surface area (TPSA) is 81.8 Å². The van der Waals surface area contributed by atoms with Gasteiger partial charge in [0.25, 0.3) is 5.56 Å². The molecule has 1 N–H and O–H groups in total. The predicted molar refractivity (Wildman–Crippen MR) is 111 cm³/mol. The second-order valence-corrected chi connectivity index (χ2v) is 6.95. The molecule has 4 rings (SSSR count). The standard InChI is InChI=1S/C22H21N5O2/c1-15(16-7-9-17(10-8-16)27-12-11-23-14-27)24-21(28)13-20-18-5-3-4-6-19(18)22(29)26(2)25-20/h3-12,14-15H,13H2,1-2H3,(H,24,28)/t15-/m1/s1. The van der Waals surface area contributed by atoms with Crippen molar-refractivity contribution in [2.24, 2.45) is 7.05 Å². The highest BCUT2D eigenvalue weighted by Gasteiger charge is 2.15. The van der Waals surface area contributed by atoms with Gasteiger partial charge in [-0.05, 0) is 30.7 Å². The summed E-state index contributed by atoms with van der Waals surface area (Å²) in [6.45, 7) is 1.94. The number of hydrogen-bond acceptors (Lipinski definition) is 4. The average Bonchev–Trinajstić information content (AvgIpc) is 3.27. The van der Waals surface area contributed by atoms with E-state index in [1.165, 1.54) is 4.68 Å². The first kappa shape index (κ1) is 18.6. The molecule has 1 amide bonds. The van der Waals surface area contributed by atoms with Crippen LogP contribution in [0.5, 0.6) is 0 Å². The van der Waals surface area contributed by atoms with Crippen molar-refractivity contribution in [1.82, 2.24) is 24.6 Å². The van der Waals surface area contributed by atoms with Gasteiger partial charge in [0.2, 0.25) is 5.91 Å². The van der Waals surface area contributed by atoms with Crippen LogP contribution in [0, 0.1) is 0 Å². The zero-order valence-corrected chi connectivity index (χ0v) is 16.2. The van der Waals surface area contributed by atoms with Crippen LogP contribution in [0.4, 0.5) is 0 Å².